The summed E-state index contributed by atoms with van der Waals surface area (Å²) in [5, 5.41) is 5.78. The number of hydrogen-bond acceptors (Lipinski definition) is 4. The van der Waals surface area contributed by atoms with Gasteiger partial charge in [-0.1, -0.05) is 15.9 Å². The molecule has 2 amide bonds. The van der Waals surface area contributed by atoms with Crippen LogP contribution in [0.1, 0.15) is 38.9 Å². The molecule has 7 heteroatoms. The molecule has 28 heavy (non-hydrogen) atoms. The Kier molecular flexibility index (Phi) is 5.16. The molecule has 0 spiro atoms. The molecule has 0 bridgehead atoms. The third kappa shape index (κ3) is 3.94. The Morgan fingerprint density at radius 2 is 1.86 bits per heavy atom. The van der Waals surface area contributed by atoms with Crippen LogP contribution in [-0.4, -0.2) is 18.4 Å². The van der Waals surface area contributed by atoms with Crippen LogP contribution in [0.25, 0.3) is 0 Å². The summed E-state index contributed by atoms with van der Waals surface area (Å²) in [5.74, 6) is 0.496. The van der Waals surface area contributed by atoms with Gasteiger partial charge < -0.3 is 19.8 Å². The monoisotopic (exact) mass is 440 g/mol. The van der Waals surface area contributed by atoms with E-state index in [2.05, 4.69) is 26.6 Å². The summed E-state index contributed by atoms with van der Waals surface area (Å²) in [6.45, 7) is 0.553. The van der Waals surface area contributed by atoms with Gasteiger partial charge in [0.2, 0.25) is 0 Å². The molecule has 0 radical (unpaired) electrons. The van der Waals surface area contributed by atoms with E-state index in [1.165, 1.54) is 6.26 Å². The van der Waals surface area contributed by atoms with Crippen molar-refractivity contribution in [3.05, 3.63) is 82.2 Å². The van der Waals surface area contributed by atoms with Crippen molar-refractivity contribution in [1.29, 1.82) is 0 Å². The molecule has 1 aliphatic rings. The number of benzene rings is 2. The molecule has 2 aromatic carbocycles. The minimum atomic E-state index is -0.341. The lowest BCUT2D eigenvalue weighted by molar-refractivity contribution is 0.0924. The summed E-state index contributed by atoms with van der Waals surface area (Å²) < 4.78 is 11.7. The van der Waals surface area contributed by atoms with Gasteiger partial charge in [-0.3, -0.25) is 9.59 Å². The molecule has 1 aromatic heterocycles. The van der Waals surface area contributed by atoms with Gasteiger partial charge in [0.05, 0.1) is 18.9 Å². The second-order valence-electron chi connectivity index (χ2n) is 6.35. The number of halogens is 1. The number of furan rings is 1. The zero-order valence-corrected chi connectivity index (χ0v) is 16.4. The third-order valence-corrected chi connectivity index (χ3v) is 4.96. The summed E-state index contributed by atoms with van der Waals surface area (Å²) in [4.78, 5) is 24.7. The molecule has 1 aliphatic heterocycles. The zero-order chi connectivity index (χ0) is 19.5. The summed E-state index contributed by atoms with van der Waals surface area (Å²) >= 11 is 3.46. The first-order valence-corrected chi connectivity index (χ1v) is 9.57. The molecular weight excluding hydrogens is 424 g/mol. The molecule has 0 fully saturated rings. The lowest BCUT2D eigenvalue weighted by atomic mass is 10.00. The Morgan fingerprint density at radius 3 is 2.61 bits per heavy atom. The summed E-state index contributed by atoms with van der Waals surface area (Å²) in [6.07, 6.45) is 2.14. The van der Waals surface area contributed by atoms with Crippen molar-refractivity contribution in [3.8, 4) is 5.75 Å². The molecular formula is C21H17BrN2O4. The van der Waals surface area contributed by atoms with E-state index in [1.54, 1.807) is 36.4 Å². The summed E-state index contributed by atoms with van der Waals surface area (Å²) in [6, 6.07) is 15.6. The average molecular weight is 441 g/mol. The predicted octanol–water partition coefficient (Wildman–Crippen LogP) is 4.55. The van der Waals surface area contributed by atoms with Crippen LogP contribution in [0.15, 0.2) is 69.8 Å². The van der Waals surface area contributed by atoms with Gasteiger partial charge in [-0.05, 0) is 54.6 Å². The number of nitrogens with one attached hydrogen (secondary N) is 2. The van der Waals surface area contributed by atoms with Gasteiger partial charge in [0.15, 0.2) is 5.76 Å². The van der Waals surface area contributed by atoms with E-state index < -0.39 is 0 Å². The minimum Gasteiger partial charge on any atom is -0.493 e. The molecule has 2 N–H and O–H groups in total. The number of carbonyl (C=O) groups excluding carboxylic acids is 2. The van der Waals surface area contributed by atoms with Crippen molar-refractivity contribution in [2.45, 2.75) is 12.5 Å². The molecule has 1 atom stereocenters. The molecule has 1 unspecified atom stereocenters. The first-order chi connectivity index (χ1) is 13.6. The highest BCUT2D eigenvalue weighted by Crippen LogP contribution is 2.34. The van der Waals surface area contributed by atoms with E-state index in [1.807, 2.05) is 18.2 Å². The fraction of sp³-hybridized carbons (Fsp3) is 0.143. The third-order valence-electron chi connectivity index (χ3n) is 4.47. The molecule has 4 rings (SSSR count). The van der Waals surface area contributed by atoms with Crippen molar-refractivity contribution in [2.75, 3.05) is 11.9 Å². The number of rotatable bonds is 4. The van der Waals surface area contributed by atoms with E-state index in [0.29, 0.717) is 24.3 Å². The minimum absolute atomic E-state index is 0.118. The number of ether oxygens (including phenoxy) is 1. The maximum atomic E-state index is 12.7. The van der Waals surface area contributed by atoms with Crippen LogP contribution in [-0.2, 0) is 0 Å². The number of carbonyl (C=O) groups is 2. The first-order valence-electron chi connectivity index (χ1n) is 8.78. The quantitative estimate of drug-likeness (QED) is 0.623. The maximum Gasteiger partial charge on any atom is 0.291 e. The Hall–Kier alpha value is -3.06. The van der Waals surface area contributed by atoms with Gasteiger partial charge in [0.25, 0.3) is 11.8 Å². The average Bonchev–Trinajstić information content (AvgIpc) is 3.24. The first kappa shape index (κ1) is 18.3. The van der Waals surface area contributed by atoms with E-state index in [9.17, 15) is 9.59 Å². The van der Waals surface area contributed by atoms with Crippen LogP contribution in [0.5, 0.6) is 5.75 Å². The van der Waals surface area contributed by atoms with Crippen LogP contribution in [0.4, 0.5) is 5.69 Å². The highest BCUT2D eigenvalue weighted by atomic mass is 79.9. The number of amides is 2. The Balaban J connectivity index is 1.43. The topological polar surface area (TPSA) is 80.6 Å². The lowest BCUT2D eigenvalue weighted by Crippen LogP contribution is -2.32. The van der Waals surface area contributed by atoms with Crippen molar-refractivity contribution in [1.82, 2.24) is 5.32 Å². The van der Waals surface area contributed by atoms with Gasteiger partial charge in [0.1, 0.15) is 5.75 Å². The van der Waals surface area contributed by atoms with Gasteiger partial charge in [-0.25, -0.2) is 0 Å². The van der Waals surface area contributed by atoms with Crippen molar-refractivity contribution < 1.29 is 18.7 Å². The maximum absolute atomic E-state index is 12.7. The highest BCUT2D eigenvalue weighted by molar-refractivity contribution is 9.10. The second kappa shape index (κ2) is 7.90. The van der Waals surface area contributed by atoms with E-state index >= 15 is 0 Å². The van der Waals surface area contributed by atoms with Gasteiger partial charge in [-0.2, -0.15) is 0 Å². The Labute approximate surface area is 170 Å². The Bertz CT molecular complexity index is 1000. The molecule has 0 saturated carbocycles. The molecule has 142 valence electrons. The number of anilines is 1. The second-order valence-corrected chi connectivity index (χ2v) is 7.27. The van der Waals surface area contributed by atoms with Gasteiger partial charge >= 0.3 is 0 Å². The van der Waals surface area contributed by atoms with Crippen LogP contribution >= 0.6 is 15.9 Å². The van der Waals surface area contributed by atoms with E-state index in [-0.39, 0.29) is 23.6 Å². The van der Waals surface area contributed by atoms with Crippen LogP contribution < -0.4 is 15.4 Å². The number of fused-ring (bicyclic) bond motifs is 1. The van der Waals surface area contributed by atoms with E-state index in [4.69, 9.17) is 9.15 Å². The largest absolute Gasteiger partial charge is 0.493 e. The predicted molar refractivity (Wildman–Crippen MR) is 108 cm³/mol. The fourth-order valence-electron chi connectivity index (χ4n) is 3.06. The van der Waals surface area contributed by atoms with Crippen LogP contribution in [0.3, 0.4) is 0 Å². The molecule has 6 nitrogen and oxygen atoms in total. The Morgan fingerprint density at radius 1 is 1.04 bits per heavy atom. The van der Waals surface area contributed by atoms with Crippen LogP contribution in [0.2, 0.25) is 0 Å². The van der Waals surface area contributed by atoms with Crippen molar-refractivity contribution in [3.63, 3.8) is 0 Å². The SMILES string of the molecule is O=C(NC1CCOc2ccc(Br)cc21)c1ccc(NC(=O)c2ccco2)cc1. The smallest absolute Gasteiger partial charge is 0.291 e. The van der Waals surface area contributed by atoms with E-state index in [0.717, 1.165) is 15.8 Å². The molecule has 0 saturated heterocycles. The molecule has 3 aromatic rings. The van der Waals surface area contributed by atoms with Gasteiger partial charge in [0, 0.05) is 27.7 Å². The normalized spacial score (nSPS) is 15.2. The highest BCUT2D eigenvalue weighted by Gasteiger charge is 2.23. The summed E-state index contributed by atoms with van der Waals surface area (Å²) in [7, 11) is 0. The molecule has 2 heterocycles. The van der Waals surface area contributed by atoms with Gasteiger partial charge in [-0.15, -0.1) is 0 Å². The van der Waals surface area contributed by atoms with Crippen LogP contribution in [0, 0.1) is 0 Å². The fourth-order valence-corrected chi connectivity index (χ4v) is 3.44. The lowest BCUT2D eigenvalue weighted by Gasteiger charge is -2.27. The molecule has 0 aliphatic carbocycles. The number of hydrogen-bond donors (Lipinski definition) is 2. The van der Waals surface area contributed by atoms with Crippen molar-refractivity contribution in [2.24, 2.45) is 0 Å². The standard InChI is InChI=1S/C21H17BrN2O4/c22-14-5-8-18-16(12-14)17(9-11-28-18)24-20(25)13-3-6-15(7-4-13)23-21(26)19-2-1-10-27-19/h1-8,10,12,17H,9,11H2,(H,23,26)(H,24,25). The van der Waals surface area contributed by atoms with Crippen molar-refractivity contribution >= 4 is 33.4 Å². The summed E-state index contributed by atoms with van der Waals surface area (Å²) in [5.41, 5.74) is 2.05. The zero-order valence-electron chi connectivity index (χ0n) is 14.8.